The van der Waals surface area contributed by atoms with Gasteiger partial charge in [-0.15, -0.1) is 15.3 Å². The van der Waals surface area contributed by atoms with Gasteiger partial charge in [-0.3, -0.25) is 0 Å². The fourth-order valence-electron chi connectivity index (χ4n) is 2.69. The Hall–Kier alpha value is -2.91. The molecule has 10 heteroatoms. The van der Waals surface area contributed by atoms with Crippen molar-refractivity contribution >= 4 is 17.3 Å². The van der Waals surface area contributed by atoms with Gasteiger partial charge in [0, 0.05) is 31.7 Å². The standard InChI is InChI=1S/C15H14F3N7/c16-15(17,18)11-1-2-12(20-6-11)19-5-10-7-24(8-10)14-4-3-13-22-21-9-25(13)23-14/h1-4,6,9-10H,5,7-8H2,(H,19,20). The summed E-state index contributed by atoms with van der Waals surface area (Å²) in [6.07, 6.45) is -1.97. The van der Waals surface area contributed by atoms with E-state index in [1.807, 2.05) is 12.1 Å². The van der Waals surface area contributed by atoms with Gasteiger partial charge in [0.05, 0.1) is 5.56 Å². The first-order chi connectivity index (χ1) is 12.0. The number of hydrogen-bond donors (Lipinski definition) is 1. The Labute approximate surface area is 140 Å². The van der Waals surface area contributed by atoms with Crippen molar-refractivity contribution in [2.75, 3.05) is 29.9 Å². The number of nitrogens with one attached hydrogen (secondary N) is 1. The SMILES string of the molecule is FC(F)(F)c1ccc(NCC2CN(c3ccc4nncn4n3)C2)nc1. The van der Waals surface area contributed by atoms with Crippen molar-refractivity contribution in [1.82, 2.24) is 24.8 Å². The van der Waals surface area contributed by atoms with E-state index in [4.69, 9.17) is 0 Å². The van der Waals surface area contributed by atoms with E-state index in [1.54, 1.807) is 10.8 Å². The van der Waals surface area contributed by atoms with Crippen LogP contribution in [0.1, 0.15) is 5.56 Å². The van der Waals surface area contributed by atoms with Crippen LogP contribution >= 0.6 is 0 Å². The van der Waals surface area contributed by atoms with Gasteiger partial charge in [-0.05, 0) is 24.3 Å². The molecule has 4 rings (SSSR count). The minimum Gasteiger partial charge on any atom is -0.370 e. The molecule has 0 radical (unpaired) electrons. The molecule has 4 heterocycles. The van der Waals surface area contributed by atoms with Gasteiger partial charge >= 0.3 is 6.18 Å². The van der Waals surface area contributed by atoms with Crippen LogP contribution in [0, 0.1) is 5.92 Å². The zero-order valence-corrected chi connectivity index (χ0v) is 13.0. The molecular formula is C15H14F3N7. The van der Waals surface area contributed by atoms with Gasteiger partial charge < -0.3 is 10.2 Å². The molecule has 1 saturated heterocycles. The molecule has 1 aliphatic rings. The summed E-state index contributed by atoms with van der Waals surface area (Å²) in [5.41, 5.74) is -0.0563. The van der Waals surface area contributed by atoms with Gasteiger partial charge in [0.15, 0.2) is 5.65 Å². The van der Waals surface area contributed by atoms with E-state index >= 15 is 0 Å². The molecule has 1 N–H and O–H groups in total. The average Bonchev–Trinajstić information content (AvgIpc) is 3.00. The highest BCUT2D eigenvalue weighted by atomic mass is 19.4. The number of halogens is 3. The maximum atomic E-state index is 12.5. The van der Waals surface area contributed by atoms with E-state index in [0.717, 1.165) is 31.2 Å². The number of fused-ring (bicyclic) bond motifs is 1. The largest absolute Gasteiger partial charge is 0.417 e. The Morgan fingerprint density at radius 3 is 2.72 bits per heavy atom. The third-order valence-corrected chi connectivity index (χ3v) is 4.09. The first-order valence-electron chi connectivity index (χ1n) is 7.68. The van der Waals surface area contributed by atoms with E-state index in [2.05, 4.69) is 30.5 Å². The minimum atomic E-state index is -4.36. The second kappa shape index (κ2) is 5.87. The van der Waals surface area contributed by atoms with Crippen molar-refractivity contribution in [3.8, 4) is 0 Å². The van der Waals surface area contributed by atoms with E-state index in [0.29, 0.717) is 23.9 Å². The predicted molar refractivity (Wildman–Crippen MR) is 84.2 cm³/mol. The van der Waals surface area contributed by atoms with Crippen LogP contribution in [0.15, 0.2) is 36.8 Å². The number of anilines is 2. The van der Waals surface area contributed by atoms with Crippen molar-refractivity contribution in [2.45, 2.75) is 6.18 Å². The highest BCUT2D eigenvalue weighted by Gasteiger charge is 2.31. The van der Waals surface area contributed by atoms with Gasteiger partial charge in [0.2, 0.25) is 0 Å². The molecule has 0 amide bonds. The molecule has 3 aromatic rings. The van der Waals surface area contributed by atoms with Crippen LogP contribution in [-0.4, -0.2) is 44.4 Å². The Bertz CT molecular complexity index is 869. The monoisotopic (exact) mass is 349 g/mol. The first kappa shape index (κ1) is 15.6. The number of alkyl halides is 3. The smallest absolute Gasteiger partial charge is 0.370 e. The summed E-state index contributed by atoms with van der Waals surface area (Å²) in [5, 5.41) is 15.2. The molecular weight excluding hydrogens is 335 g/mol. The third-order valence-electron chi connectivity index (χ3n) is 4.09. The fourth-order valence-corrected chi connectivity index (χ4v) is 2.69. The lowest BCUT2D eigenvalue weighted by Crippen LogP contribution is -2.50. The summed E-state index contributed by atoms with van der Waals surface area (Å²) >= 11 is 0. The maximum Gasteiger partial charge on any atom is 0.417 e. The number of nitrogens with zero attached hydrogens (tertiary/aromatic N) is 6. The Morgan fingerprint density at radius 1 is 1.16 bits per heavy atom. The highest BCUT2D eigenvalue weighted by Crippen LogP contribution is 2.29. The van der Waals surface area contributed by atoms with Crippen LogP contribution < -0.4 is 10.2 Å². The molecule has 7 nitrogen and oxygen atoms in total. The minimum absolute atomic E-state index is 0.377. The van der Waals surface area contributed by atoms with E-state index in [9.17, 15) is 13.2 Å². The van der Waals surface area contributed by atoms with Crippen LogP contribution in [0.25, 0.3) is 5.65 Å². The number of hydrogen-bond acceptors (Lipinski definition) is 6. The summed E-state index contributed by atoms with van der Waals surface area (Å²) in [5.74, 6) is 1.66. The molecule has 0 unspecified atom stereocenters. The summed E-state index contributed by atoms with van der Waals surface area (Å²) in [7, 11) is 0. The molecule has 0 aliphatic carbocycles. The lowest BCUT2D eigenvalue weighted by atomic mass is 10.0. The van der Waals surface area contributed by atoms with Gasteiger partial charge in [-0.2, -0.15) is 17.7 Å². The second-order valence-corrected chi connectivity index (χ2v) is 5.91. The van der Waals surface area contributed by atoms with E-state index in [1.165, 1.54) is 6.07 Å². The zero-order chi connectivity index (χ0) is 17.4. The van der Waals surface area contributed by atoms with Gasteiger partial charge in [0.1, 0.15) is 18.0 Å². The molecule has 25 heavy (non-hydrogen) atoms. The quantitative estimate of drug-likeness (QED) is 0.778. The van der Waals surface area contributed by atoms with Crippen molar-refractivity contribution in [3.05, 3.63) is 42.4 Å². The Morgan fingerprint density at radius 2 is 2.00 bits per heavy atom. The maximum absolute atomic E-state index is 12.5. The van der Waals surface area contributed by atoms with E-state index < -0.39 is 11.7 Å². The number of rotatable bonds is 4. The summed E-state index contributed by atoms with van der Waals surface area (Å²) in [6.45, 7) is 2.27. The second-order valence-electron chi connectivity index (χ2n) is 5.91. The van der Waals surface area contributed by atoms with Gasteiger partial charge in [-0.1, -0.05) is 0 Å². The molecule has 0 aromatic carbocycles. The molecule has 0 spiro atoms. The number of aromatic nitrogens is 5. The molecule has 0 bridgehead atoms. The van der Waals surface area contributed by atoms with Gasteiger partial charge in [-0.25, -0.2) is 4.98 Å². The fraction of sp³-hybridized carbons (Fsp3) is 0.333. The normalized spacial score (nSPS) is 15.4. The number of pyridine rings is 1. The highest BCUT2D eigenvalue weighted by molar-refractivity contribution is 5.47. The molecule has 0 saturated carbocycles. The van der Waals surface area contributed by atoms with Crippen molar-refractivity contribution in [3.63, 3.8) is 0 Å². The van der Waals surface area contributed by atoms with Crippen LogP contribution in [-0.2, 0) is 6.18 Å². The predicted octanol–water partition coefficient (Wildman–Crippen LogP) is 2.09. The van der Waals surface area contributed by atoms with Crippen LogP contribution in [0.2, 0.25) is 0 Å². The summed E-state index contributed by atoms with van der Waals surface area (Å²) in [4.78, 5) is 5.92. The molecule has 1 aliphatic heterocycles. The zero-order valence-electron chi connectivity index (χ0n) is 13.0. The van der Waals surface area contributed by atoms with Crippen LogP contribution in [0.5, 0.6) is 0 Å². The molecule has 130 valence electrons. The summed E-state index contributed by atoms with van der Waals surface area (Å²) in [6, 6.07) is 6.12. The van der Waals surface area contributed by atoms with Crippen LogP contribution in [0.3, 0.4) is 0 Å². The van der Waals surface area contributed by atoms with Crippen LogP contribution in [0.4, 0.5) is 24.8 Å². The third kappa shape index (κ3) is 3.19. The topological polar surface area (TPSA) is 71.2 Å². The Balaban J connectivity index is 1.29. The lowest BCUT2D eigenvalue weighted by molar-refractivity contribution is -0.137. The molecule has 3 aromatic heterocycles. The first-order valence-corrected chi connectivity index (χ1v) is 7.68. The van der Waals surface area contributed by atoms with Crippen molar-refractivity contribution < 1.29 is 13.2 Å². The Kier molecular flexibility index (Phi) is 3.66. The van der Waals surface area contributed by atoms with Gasteiger partial charge in [0.25, 0.3) is 0 Å². The van der Waals surface area contributed by atoms with E-state index in [-0.39, 0.29) is 0 Å². The summed E-state index contributed by atoms with van der Waals surface area (Å²) < 4.78 is 39.1. The van der Waals surface area contributed by atoms with Crippen molar-refractivity contribution in [2.24, 2.45) is 5.92 Å². The lowest BCUT2D eigenvalue weighted by Gasteiger charge is -2.40. The molecule has 1 fully saturated rings. The van der Waals surface area contributed by atoms with Crippen molar-refractivity contribution in [1.29, 1.82) is 0 Å². The average molecular weight is 349 g/mol. The molecule has 0 atom stereocenters.